The van der Waals surface area contributed by atoms with Crippen molar-refractivity contribution >= 4 is 11.7 Å². The van der Waals surface area contributed by atoms with E-state index < -0.39 is 17.8 Å². The van der Waals surface area contributed by atoms with E-state index in [-0.39, 0.29) is 6.54 Å². The van der Waals surface area contributed by atoms with Gasteiger partial charge in [-0.25, -0.2) is 0 Å². The summed E-state index contributed by atoms with van der Waals surface area (Å²) in [5, 5.41) is 16.3. The summed E-state index contributed by atoms with van der Waals surface area (Å²) in [7, 11) is 1.73. The number of amides is 1. The minimum Gasteiger partial charge on any atom is -0.391 e. The van der Waals surface area contributed by atoms with E-state index in [1.165, 1.54) is 0 Å². The van der Waals surface area contributed by atoms with Crippen LogP contribution in [0, 0.1) is 19.8 Å². The Morgan fingerprint density at radius 2 is 1.95 bits per heavy atom. The van der Waals surface area contributed by atoms with Gasteiger partial charge in [-0.15, -0.1) is 0 Å². The van der Waals surface area contributed by atoms with Gasteiger partial charge < -0.3 is 10.4 Å². The van der Waals surface area contributed by atoms with Crippen molar-refractivity contribution in [2.24, 2.45) is 13.0 Å². The number of ketones is 1. The van der Waals surface area contributed by atoms with E-state index in [9.17, 15) is 14.7 Å². The first-order valence-corrected chi connectivity index (χ1v) is 6.74. The van der Waals surface area contributed by atoms with Crippen LogP contribution in [0.15, 0.2) is 0 Å². The summed E-state index contributed by atoms with van der Waals surface area (Å²) < 4.78 is 1.57. The highest BCUT2D eigenvalue weighted by atomic mass is 16.3. The van der Waals surface area contributed by atoms with E-state index in [2.05, 4.69) is 10.4 Å². The maximum Gasteiger partial charge on any atom is 0.292 e. The molecule has 1 amide bonds. The molecule has 0 bridgehead atoms. The van der Waals surface area contributed by atoms with Gasteiger partial charge in [0, 0.05) is 19.3 Å². The Morgan fingerprint density at radius 3 is 2.40 bits per heavy atom. The van der Waals surface area contributed by atoms with Gasteiger partial charge in [0.2, 0.25) is 0 Å². The average molecular weight is 281 g/mol. The Balaban J connectivity index is 2.66. The molecule has 0 radical (unpaired) electrons. The van der Waals surface area contributed by atoms with Gasteiger partial charge in [-0.3, -0.25) is 14.3 Å². The van der Waals surface area contributed by atoms with Crippen molar-refractivity contribution in [3.8, 4) is 0 Å². The van der Waals surface area contributed by atoms with Crippen LogP contribution in [-0.2, 0) is 11.8 Å². The summed E-state index contributed by atoms with van der Waals surface area (Å²) in [5.74, 6) is -0.975. The number of Topliss-reactive ketones (excluding diaryl/α,β-unsaturated/α-hetero) is 1. The molecule has 1 heterocycles. The Labute approximate surface area is 119 Å². The van der Waals surface area contributed by atoms with Gasteiger partial charge in [-0.1, -0.05) is 13.8 Å². The lowest BCUT2D eigenvalue weighted by Gasteiger charge is -2.13. The molecule has 6 nitrogen and oxygen atoms in total. The Bertz CT molecular complexity index is 506. The van der Waals surface area contributed by atoms with Crippen LogP contribution >= 0.6 is 0 Å². The van der Waals surface area contributed by atoms with Gasteiger partial charge in [0.05, 0.1) is 17.4 Å². The molecule has 1 rings (SSSR count). The van der Waals surface area contributed by atoms with Crippen molar-refractivity contribution in [3.05, 3.63) is 17.0 Å². The molecule has 0 fully saturated rings. The summed E-state index contributed by atoms with van der Waals surface area (Å²) in [5.41, 5.74) is 1.53. The lowest BCUT2D eigenvalue weighted by atomic mass is 10.1. The Kier molecular flexibility index (Phi) is 5.44. The molecule has 0 saturated carbocycles. The fourth-order valence-electron chi connectivity index (χ4n) is 2.13. The number of nitrogens with zero attached hydrogens (tertiary/aromatic N) is 2. The molecule has 2 N–H and O–H groups in total. The topological polar surface area (TPSA) is 84.2 Å². The van der Waals surface area contributed by atoms with Gasteiger partial charge in [0.15, 0.2) is 0 Å². The van der Waals surface area contributed by atoms with Gasteiger partial charge in [0.25, 0.3) is 11.7 Å². The number of rotatable bonds is 6. The highest BCUT2D eigenvalue weighted by Crippen LogP contribution is 2.12. The smallest absolute Gasteiger partial charge is 0.292 e. The van der Waals surface area contributed by atoms with Crippen LogP contribution in [0.5, 0.6) is 0 Å². The number of aliphatic hydroxyl groups is 1. The molecule has 6 heteroatoms. The second-order valence-corrected chi connectivity index (χ2v) is 5.49. The maximum absolute atomic E-state index is 12.1. The fourth-order valence-corrected chi connectivity index (χ4v) is 2.13. The van der Waals surface area contributed by atoms with Crippen LogP contribution in [0.3, 0.4) is 0 Å². The quantitative estimate of drug-likeness (QED) is 0.595. The van der Waals surface area contributed by atoms with Gasteiger partial charge in [-0.2, -0.15) is 5.10 Å². The molecule has 0 aromatic carbocycles. The third-order valence-corrected chi connectivity index (χ3v) is 3.18. The lowest BCUT2D eigenvalue weighted by molar-refractivity contribution is -0.117. The Morgan fingerprint density at radius 1 is 1.35 bits per heavy atom. The molecule has 20 heavy (non-hydrogen) atoms. The zero-order chi connectivity index (χ0) is 15.4. The SMILES string of the molecule is Cc1nn(C)c(C)c1C(=O)C(=O)NCC(O)CC(C)C. The molecule has 0 aliphatic rings. The molecule has 1 aromatic rings. The average Bonchev–Trinajstić information content (AvgIpc) is 2.58. The van der Waals surface area contributed by atoms with E-state index in [0.29, 0.717) is 29.3 Å². The Hall–Kier alpha value is -1.69. The van der Waals surface area contributed by atoms with Crippen molar-refractivity contribution in [1.82, 2.24) is 15.1 Å². The van der Waals surface area contributed by atoms with Crippen molar-refractivity contribution in [3.63, 3.8) is 0 Å². The zero-order valence-corrected chi connectivity index (χ0v) is 12.7. The number of hydrogen-bond acceptors (Lipinski definition) is 4. The molecular formula is C14H23N3O3. The molecule has 0 saturated heterocycles. The maximum atomic E-state index is 12.1. The lowest BCUT2D eigenvalue weighted by Crippen LogP contribution is -2.37. The number of aromatic nitrogens is 2. The first kappa shape index (κ1) is 16.4. The molecule has 0 aliphatic heterocycles. The van der Waals surface area contributed by atoms with Gasteiger partial charge in [0.1, 0.15) is 0 Å². The van der Waals surface area contributed by atoms with Gasteiger partial charge >= 0.3 is 0 Å². The predicted molar refractivity (Wildman–Crippen MR) is 75.5 cm³/mol. The highest BCUT2D eigenvalue weighted by molar-refractivity contribution is 6.43. The summed E-state index contributed by atoms with van der Waals surface area (Å²) in [6, 6.07) is 0. The largest absolute Gasteiger partial charge is 0.391 e. The summed E-state index contributed by atoms with van der Waals surface area (Å²) in [6.07, 6.45) is -0.0535. The number of nitrogens with one attached hydrogen (secondary N) is 1. The van der Waals surface area contributed by atoms with Crippen LogP contribution in [-0.4, -0.2) is 39.2 Å². The molecule has 0 aliphatic carbocycles. The number of carbonyl (C=O) groups excluding carboxylic acids is 2. The molecule has 112 valence electrons. The van der Waals surface area contributed by atoms with Gasteiger partial charge in [-0.05, 0) is 26.2 Å². The molecular weight excluding hydrogens is 258 g/mol. The van der Waals surface area contributed by atoms with Crippen LogP contribution in [0.1, 0.15) is 42.0 Å². The summed E-state index contributed by atoms with van der Waals surface area (Å²) >= 11 is 0. The van der Waals surface area contributed by atoms with Crippen LogP contribution in [0.4, 0.5) is 0 Å². The second kappa shape index (κ2) is 6.65. The minimum absolute atomic E-state index is 0.0844. The number of aliphatic hydroxyl groups excluding tert-OH is 1. The van der Waals surface area contributed by atoms with E-state index in [1.54, 1.807) is 25.6 Å². The second-order valence-electron chi connectivity index (χ2n) is 5.49. The van der Waals surface area contributed by atoms with Crippen molar-refractivity contribution in [1.29, 1.82) is 0 Å². The summed E-state index contributed by atoms with van der Waals surface area (Å²) in [6.45, 7) is 7.49. The molecule has 0 spiro atoms. The van der Waals surface area contributed by atoms with E-state index in [1.807, 2.05) is 13.8 Å². The predicted octanol–water partition coefficient (Wildman–Crippen LogP) is 0.743. The van der Waals surface area contributed by atoms with E-state index in [0.717, 1.165) is 0 Å². The fraction of sp³-hybridized carbons (Fsp3) is 0.643. The number of carbonyl (C=O) groups is 2. The van der Waals surface area contributed by atoms with Crippen LogP contribution in [0.25, 0.3) is 0 Å². The molecule has 1 unspecified atom stereocenters. The minimum atomic E-state index is -0.702. The summed E-state index contributed by atoms with van der Waals surface area (Å²) in [4.78, 5) is 23.9. The first-order valence-electron chi connectivity index (χ1n) is 6.74. The van der Waals surface area contributed by atoms with Crippen molar-refractivity contribution in [2.45, 2.75) is 40.2 Å². The van der Waals surface area contributed by atoms with Crippen molar-refractivity contribution < 1.29 is 14.7 Å². The van der Waals surface area contributed by atoms with Crippen LogP contribution in [0.2, 0.25) is 0 Å². The molecule has 1 aromatic heterocycles. The van der Waals surface area contributed by atoms with Crippen molar-refractivity contribution in [2.75, 3.05) is 6.54 Å². The number of hydrogen-bond donors (Lipinski definition) is 2. The first-order chi connectivity index (χ1) is 9.23. The monoisotopic (exact) mass is 281 g/mol. The van der Waals surface area contributed by atoms with Crippen LogP contribution < -0.4 is 5.32 Å². The number of aryl methyl sites for hydroxylation is 2. The zero-order valence-electron chi connectivity index (χ0n) is 12.7. The van der Waals surface area contributed by atoms with E-state index >= 15 is 0 Å². The van der Waals surface area contributed by atoms with E-state index in [4.69, 9.17) is 0 Å². The standard InChI is InChI=1S/C14H23N3O3/c1-8(2)6-11(18)7-15-14(20)13(19)12-9(3)16-17(5)10(12)4/h8,11,18H,6-7H2,1-5H3,(H,15,20). The normalized spacial score (nSPS) is 12.6. The third kappa shape index (κ3) is 3.90. The third-order valence-electron chi connectivity index (χ3n) is 3.18. The molecule has 1 atom stereocenters. The highest BCUT2D eigenvalue weighted by Gasteiger charge is 2.24.